The number of carbonyl (C=O) groups excluding carboxylic acids is 2. The third-order valence-corrected chi connectivity index (χ3v) is 7.47. The molecule has 5 rings (SSSR count). The molecule has 0 bridgehead atoms. The zero-order valence-electron chi connectivity index (χ0n) is 17.8. The second kappa shape index (κ2) is 9.95. The minimum Gasteiger partial charge on any atom is -0.422 e. The van der Waals surface area contributed by atoms with E-state index in [9.17, 15) is 9.59 Å². The lowest BCUT2D eigenvalue weighted by molar-refractivity contribution is -0.130. The number of benzene rings is 3. The van der Waals surface area contributed by atoms with Crippen LogP contribution in [0.25, 0.3) is 16.2 Å². The first-order chi connectivity index (χ1) is 16.9. The number of cyclic esters (lactones) is 1. The number of nitrogens with zero attached hydrogens (tertiary/aromatic N) is 1. The Kier molecular flexibility index (Phi) is 6.75. The van der Waals surface area contributed by atoms with Crippen LogP contribution in [0.15, 0.2) is 81.9 Å². The number of fused-ring (bicyclic) bond motifs is 1. The van der Waals surface area contributed by atoms with E-state index in [1.54, 1.807) is 36.4 Å². The minimum atomic E-state index is -0.614. The Hall–Kier alpha value is -2.97. The van der Waals surface area contributed by atoms with Crippen molar-refractivity contribution in [2.45, 2.75) is 6.42 Å². The second-order valence-corrected chi connectivity index (χ2v) is 10.3. The van der Waals surface area contributed by atoms with Crippen molar-refractivity contribution in [3.8, 4) is 5.75 Å². The summed E-state index contributed by atoms with van der Waals surface area (Å²) in [7, 11) is 0. The number of esters is 2. The maximum atomic E-state index is 13.0. The van der Waals surface area contributed by atoms with Crippen molar-refractivity contribution in [3.63, 3.8) is 0 Å². The van der Waals surface area contributed by atoms with Crippen molar-refractivity contribution in [3.05, 3.63) is 103 Å². The Labute approximate surface area is 222 Å². The lowest BCUT2D eigenvalue weighted by atomic mass is 10.1. The van der Waals surface area contributed by atoms with Crippen LogP contribution >= 0.6 is 50.5 Å². The smallest absolute Gasteiger partial charge is 0.363 e. The summed E-state index contributed by atoms with van der Waals surface area (Å²) in [5, 5.41) is 1.58. The first-order valence-corrected chi connectivity index (χ1v) is 12.7. The summed E-state index contributed by atoms with van der Waals surface area (Å²) in [4.78, 5) is 30.0. The predicted octanol–water partition coefficient (Wildman–Crippen LogP) is 7.73. The van der Waals surface area contributed by atoms with Gasteiger partial charge in [-0.1, -0.05) is 75.5 Å². The van der Waals surface area contributed by atoms with Gasteiger partial charge in [0.25, 0.3) is 0 Å². The molecule has 174 valence electrons. The Morgan fingerprint density at radius 1 is 1.09 bits per heavy atom. The van der Waals surface area contributed by atoms with Gasteiger partial charge in [-0.15, -0.1) is 11.3 Å². The SMILES string of the molecule is O=C1OC(Cc2ccccc2)=N/C1=C/c1cc(Br)ccc1OC(=O)c1sc2cc(Cl)ccc2c1Cl. The Bertz CT molecular complexity index is 1550. The fourth-order valence-electron chi connectivity index (χ4n) is 3.49. The largest absolute Gasteiger partial charge is 0.422 e. The van der Waals surface area contributed by atoms with Gasteiger partial charge in [-0.3, -0.25) is 0 Å². The molecule has 1 aliphatic rings. The molecule has 0 spiro atoms. The fraction of sp³-hybridized carbons (Fsp3) is 0.0385. The van der Waals surface area contributed by atoms with Crippen LogP contribution in [0.3, 0.4) is 0 Å². The molecular formula is C26H14BrCl2NO4S. The van der Waals surface area contributed by atoms with Crippen molar-refractivity contribution in [2.75, 3.05) is 0 Å². The Balaban J connectivity index is 1.44. The van der Waals surface area contributed by atoms with E-state index in [2.05, 4.69) is 20.9 Å². The standard InChI is InChI=1S/C26H14BrCl2NO4S/c27-16-6-9-20(33-26(32)24-23(29)18-8-7-17(28)13-21(18)35-24)15(11-16)12-19-25(31)34-22(30-19)10-14-4-2-1-3-5-14/h1-9,11-13H,10H2/b19-12+. The summed E-state index contributed by atoms with van der Waals surface area (Å²) in [5.74, 6) is -0.636. The van der Waals surface area contributed by atoms with Crippen LogP contribution in [0.4, 0.5) is 0 Å². The monoisotopic (exact) mass is 585 g/mol. The highest BCUT2D eigenvalue weighted by Gasteiger charge is 2.25. The Morgan fingerprint density at radius 3 is 2.69 bits per heavy atom. The molecule has 0 aliphatic carbocycles. The van der Waals surface area contributed by atoms with Crippen LogP contribution in [0.2, 0.25) is 10.0 Å². The molecule has 4 aromatic rings. The topological polar surface area (TPSA) is 65.0 Å². The van der Waals surface area contributed by atoms with Crippen LogP contribution < -0.4 is 4.74 Å². The molecule has 5 nitrogen and oxygen atoms in total. The summed E-state index contributed by atoms with van der Waals surface area (Å²) < 4.78 is 12.5. The highest BCUT2D eigenvalue weighted by atomic mass is 79.9. The number of ether oxygens (including phenoxy) is 2. The van der Waals surface area contributed by atoms with Gasteiger partial charge >= 0.3 is 11.9 Å². The van der Waals surface area contributed by atoms with Crippen LogP contribution in [-0.4, -0.2) is 17.8 Å². The number of halogens is 3. The molecule has 2 heterocycles. The van der Waals surface area contributed by atoms with Crippen molar-refractivity contribution < 1.29 is 19.1 Å². The number of hydrogen-bond donors (Lipinski definition) is 0. The molecule has 1 aliphatic heterocycles. The maximum absolute atomic E-state index is 13.0. The molecule has 0 N–H and O–H groups in total. The predicted molar refractivity (Wildman–Crippen MR) is 143 cm³/mol. The van der Waals surface area contributed by atoms with E-state index in [-0.39, 0.29) is 16.3 Å². The molecule has 0 unspecified atom stereocenters. The number of aliphatic imine (C=N–C) groups is 1. The number of hydrogen-bond acceptors (Lipinski definition) is 6. The number of thiophene rings is 1. The van der Waals surface area contributed by atoms with Crippen LogP contribution in [0.5, 0.6) is 5.75 Å². The van der Waals surface area contributed by atoms with Crippen LogP contribution in [0.1, 0.15) is 20.8 Å². The van der Waals surface area contributed by atoms with Gasteiger partial charge in [0.2, 0.25) is 5.90 Å². The average molecular weight is 587 g/mol. The van der Waals surface area contributed by atoms with E-state index in [1.165, 1.54) is 17.4 Å². The lowest BCUT2D eigenvalue weighted by Crippen LogP contribution is -2.08. The van der Waals surface area contributed by atoms with E-state index >= 15 is 0 Å². The zero-order valence-corrected chi connectivity index (χ0v) is 21.7. The maximum Gasteiger partial charge on any atom is 0.363 e. The van der Waals surface area contributed by atoms with Crippen molar-refractivity contribution in [1.82, 2.24) is 0 Å². The summed E-state index contributed by atoms with van der Waals surface area (Å²) in [6.45, 7) is 0. The highest BCUT2D eigenvalue weighted by molar-refractivity contribution is 9.10. The van der Waals surface area contributed by atoms with E-state index in [0.717, 1.165) is 20.1 Å². The van der Waals surface area contributed by atoms with E-state index in [0.29, 0.717) is 27.9 Å². The van der Waals surface area contributed by atoms with Crippen molar-refractivity contribution in [1.29, 1.82) is 0 Å². The molecular weight excluding hydrogens is 573 g/mol. The van der Waals surface area contributed by atoms with Gasteiger partial charge in [0, 0.05) is 31.6 Å². The van der Waals surface area contributed by atoms with Gasteiger partial charge < -0.3 is 9.47 Å². The molecule has 0 fully saturated rings. The van der Waals surface area contributed by atoms with Gasteiger partial charge in [-0.25, -0.2) is 14.6 Å². The number of carbonyl (C=O) groups is 2. The van der Waals surface area contributed by atoms with Gasteiger partial charge in [-0.05, 0) is 42.0 Å². The van der Waals surface area contributed by atoms with Crippen LogP contribution in [-0.2, 0) is 16.0 Å². The lowest BCUT2D eigenvalue weighted by Gasteiger charge is -2.08. The Morgan fingerprint density at radius 2 is 1.89 bits per heavy atom. The van der Waals surface area contributed by atoms with Crippen LogP contribution in [0, 0.1) is 0 Å². The van der Waals surface area contributed by atoms with Gasteiger partial charge in [0.05, 0.1) is 5.02 Å². The summed E-state index contributed by atoms with van der Waals surface area (Å²) in [6, 6.07) is 19.9. The third-order valence-electron chi connectivity index (χ3n) is 5.11. The molecule has 0 atom stereocenters. The summed E-state index contributed by atoms with van der Waals surface area (Å²) in [6.07, 6.45) is 1.92. The first kappa shape index (κ1) is 23.8. The quantitative estimate of drug-likeness (QED) is 0.136. The zero-order chi connectivity index (χ0) is 24.5. The summed E-state index contributed by atoms with van der Waals surface area (Å²) >= 11 is 17.1. The highest BCUT2D eigenvalue weighted by Crippen LogP contribution is 2.38. The molecule has 0 amide bonds. The third kappa shape index (κ3) is 5.18. The van der Waals surface area contributed by atoms with Gasteiger partial charge in [-0.2, -0.15) is 0 Å². The normalized spacial score (nSPS) is 14.3. The molecule has 9 heteroatoms. The summed E-state index contributed by atoms with van der Waals surface area (Å²) in [5.41, 5.74) is 1.56. The van der Waals surface area contributed by atoms with Gasteiger partial charge in [0.1, 0.15) is 10.6 Å². The second-order valence-electron chi connectivity index (χ2n) is 7.54. The van der Waals surface area contributed by atoms with E-state index < -0.39 is 11.9 Å². The minimum absolute atomic E-state index is 0.112. The average Bonchev–Trinajstić information content (AvgIpc) is 3.34. The molecule has 0 saturated carbocycles. The van der Waals surface area contributed by atoms with Gasteiger partial charge in [0.15, 0.2) is 5.70 Å². The van der Waals surface area contributed by atoms with E-state index in [1.807, 2.05) is 30.3 Å². The fourth-order valence-corrected chi connectivity index (χ4v) is 5.53. The molecule has 35 heavy (non-hydrogen) atoms. The van der Waals surface area contributed by atoms with Crippen molar-refractivity contribution >= 4 is 84.5 Å². The molecule has 1 aromatic heterocycles. The van der Waals surface area contributed by atoms with E-state index in [4.69, 9.17) is 32.7 Å². The first-order valence-electron chi connectivity index (χ1n) is 10.3. The van der Waals surface area contributed by atoms with Crippen molar-refractivity contribution in [2.24, 2.45) is 4.99 Å². The molecule has 0 saturated heterocycles. The molecule has 0 radical (unpaired) electrons. The number of rotatable bonds is 5. The molecule has 3 aromatic carbocycles.